The lowest BCUT2D eigenvalue weighted by Gasteiger charge is -2.03. The van der Waals surface area contributed by atoms with Crippen LogP contribution >= 0.6 is 27.5 Å². The molecule has 0 spiro atoms. The number of aryl methyl sites for hydroxylation is 1. The second-order valence-electron chi connectivity index (χ2n) is 2.32. The molecule has 0 nitrogen and oxygen atoms in total. The van der Waals surface area contributed by atoms with Gasteiger partial charge in [-0.05, 0) is 24.6 Å². The molecule has 0 aliphatic carbocycles. The maximum absolute atomic E-state index is 13.0. The molecule has 0 aliphatic rings. The van der Waals surface area contributed by atoms with Gasteiger partial charge in [-0.1, -0.05) is 15.9 Å². The fourth-order valence-electron chi connectivity index (χ4n) is 0.901. The largest absolute Gasteiger partial charge is 0.207 e. The molecule has 0 saturated heterocycles. The van der Waals surface area contributed by atoms with Crippen LogP contribution in [0, 0.1) is 12.7 Å². The maximum atomic E-state index is 13.0. The number of halogens is 3. The molecule has 0 fully saturated rings. The first-order valence-corrected chi connectivity index (χ1v) is 4.48. The molecule has 3 heteroatoms. The van der Waals surface area contributed by atoms with Crippen molar-refractivity contribution in [1.29, 1.82) is 0 Å². The van der Waals surface area contributed by atoms with Gasteiger partial charge < -0.3 is 0 Å². The molecule has 0 radical (unpaired) electrons. The molecular weight excluding hydrogens is 230 g/mol. The van der Waals surface area contributed by atoms with Gasteiger partial charge in [0.2, 0.25) is 0 Å². The third-order valence-corrected chi connectivity index (χ3v) is 2.24. The second-order valence-corrected chi connectivity index (χ2v) is 3.50. The molecule has 0 aromatic heterocycles. The van der Waals surface area contributed by atoms with E-state index in [9.17, 15) is 4.39 Å². The number of hydrogen-bond acceptors (Lipinski definition) is 0. The Bertz CT molecular complexity index is 250. The van der Waals surface area contributed by atoms with Gasteiger partial charge in [0.05, 0.1) is 5.88 Å². The lowest BCUT2D eigenvalue weighted by atomic mass is 10.1. The Balaban J connectivity index is 3.25. The van der Waals surface area contributed by atoms with E-state index in [1.807, 2.05) is 13.0 Å². The Hall–Kier alpha value is -0.0800. The Kier molecular flexibility index (Phi) is 2.90. The summed E-state index contributed by atoms with van der Waals surface area (Å²) in [5, 5.41) is 0. The van der Waals surface area contributed by atoms with Crippen LogP contribution in [0.4, 0.5) is 4.39 Å². The van der Waals surface area contributed by atoms with Crippen molar-refractivity contribution in [3.8, 4) is 0 Å². The average molecular weight is 237 g/mol. The Morgan fingerprint density at radius 1 is 1.55 bits per heavy atom. The van der Waals surface area contributed by atoms with Crippen LogP contribution in [0.5, 0.6) is 0 Å². The van der Waals surface area contributed by atoms with E-state index in [2.05, 4.69) is 15.9 Å². The fourth-order valence-corrected chi connectivity index (χ4v) is 1.78. The first-order chi connectivity index (χ1) is 5.15. The number of benzene rings is 1. The molecule has 1 aromatic carbocycles. The summed E-state index contributed by atoms with van der Waals surface area (Å²) in [6.07, 6.45) is 0. The van der Waals surface area contributed by atoms with Crippen molar-refractivity contribution in [3.05, 3.63) is 33.5 Å². The number of rotatable bonds is 1. The van der Waals surface area contributed by atoms with E-state index in [0.717, 1.165) is 10.0 Å². The van der Waals surface area contributed by atoms with Crippen molar-refractivity contribution >= 4 is 27.5 Å². The molecule has 0 saturated carbocycles. The van der Waals surface area contributed by atoms with E-state index in [1.165, 1.54) is 6.07 Å². The fraction of sp³-hybridized carbons (Fsp3) is 0.250. The highest BCUT2D eigenvalue weighted by molar-refractivity contribution is 9.10. The van der Waals surface area contributed by atoms with Gasteiger partial charge in [0.15, 0.2) is 0 Å². The molecule has 0 bridgehead atoms. The van der Waals surface area contributed by atoms with E-state index < -0.39 is 0 Å². The lowest BCUT2D eigenvalue weighted by molar-refractivity contribution is 0.614. The summed E-state index contributed by atoms with van der Waals surface area (Å²) in [5.74, 6) is -0.0165. The minimum absolute atomic E-state index is 0.227. The molecule has 0 aliphatic heterocycles. The topological polar surface area (TPSA) is 0 Å². The molecule has 0 unspecified atom stereocenters. The van der Waals surface area contributed by atoms with Gasteiger partial charge in [-0.2, -0.15) is 0 Å². The third kappa shape index (κ3) is 1.94. The van der Waals surface area contributed by atoms with E-state index in [0.29, 0.717) is 5.56 Å². The summed E-state index contributed by atoms with van der Waals surface area (Å²) in [7, 11) is 0. The highest BCUT2D eigenvalue weighted by Crippen LogP contribution is 2.20. The minimum Gasteiger partial charge on any atom is -0.207 e. The summed E-state index contributed by atoms with van der Waals surface area (Å²) in [5.41, 5.74) is 1.46. The van der Waals surface area contributed by atoms with Gasteiger partial charge in [0.1, 0.15) is 5.82 Å². The van der Waals surface area contributed by atoms with Crippen LogP contribution in [-0.2, 0) is 5.88 Å². The van der Waals surface area contributed by atoms with Gasteiger partial charge >= 0.3 is 0 Å². The van der Waals surface area contributed by atoms with E-state index >= 15 is 0 Å². The first-order valence-electron chi connectivity index (χ1n) is 3.15. The Labute approximate surface area is 78.5 Å². The zero-order valence-corrected chi connectivity index (χ0v) is 8.34. The molecule has 11 heavy (non-hydrogen) atoms. The molecule has 60 valence electrons. The van der Waals surface area contributed by atoms with Crippen LogP contribution in [-0.4, -0.2) is 0 Å². The smallest absolute Gasteiger partial charge is 0.128 e. The van der Waals surface area contributed by atoms with Gasteiger partial charge in [0, 0.05) is 10.0 Å². The summed E-state index contributed by atoms with van der Waals surface area (Å²) < 4.78 is 13.7. The highest BCUT2D eigenvalue weighted by atomic mass is 79.9. The van der Waals surface area contributed by atoms with Gasteiger partial charge in [0.25, 0.3) is 0 Å². The predicted octanol–water partition coefficient (Wildman–Crippen LogP) is 3.64. The predicted molar refractivity (Wildman–Crippen MR) is 48.4 cm³/mol. The van der Waals surface area contributed by atoms with Gasteiger partial charge in [-0.15, -0.1) is 11.6 Å². The van der Waals surface area contributed by atoms with Crippen LogP contribution in [0.3, 0.4) is 0 Å². The zero-order valence-electron chi connectivity index (χ0n) is 6.00. The van der Waals surface area contributed by atoms with E-state index in [-0.39, 0.29) is 11.7 Å². The van der Waals surface area contributed by atoms with Crippen molar-refractivity contribution in [3.63, 3.8) is 0 Å². The quantitative estimate of drug-likeness (QED) is 0.654. The first kappa shape index (κ1) is 9.01. The van der Waals surface area contributed by atoms with Crippen molar-refractivity contribution in [2.75, 3.05) is 0 Å². The minimum atomic E-state index is -0.244. The van der Waals surface area contributed by atoms with Gasteiger partial charge in [-0.3, -0.25) is 0 Å². The van der Waals surface area contributed by atoms with Crippen molar-refractivity contribution in [2.24, 2.45) is 0 Å². The highest BCUT2D eigenvalue weighted by Gasteiger charge is 2.04. The monoisotopic (exact) mass is 236 g/mol. The third-order valence-electron chi connectivity index (χ3n) is 1.52. The summed E-state index contributed by atoms with van der Waals surface area (Å²) in [4.78, 5) is 0. The van der Waals surface area contributed by atoms with E-state index in [1.54, 1.807) is 0 Å². The SMILES string of the molecule is Cc1cc(Br)cc(F)c1CCl. The second kappa shape index (κ2) is 3.55. The summed E-state index contributed by atoms with van der Waals surface area (Å²) >= 11 is 8.73. The van der Waals surface area contributed by atoms with Crippen molar-refractivity contribution in [2.45, 2.75) is 12.8 Å². The van der Waals surface area contributed by atoms with Crippen LogP contribution in [0.2, 0.25) is 0 Å². The molecule has 1 rings (SSSR count). The molecular formula is C8H7BrClF. The van der Waals surface area contributed by atoms with Crippen molar-refractivity contribution in [1.82, 2.24) is 0 Å². The molecule has 0 N–H and O–H groups in total. The van der Waals surface area contributed by atoms with Crippen LogP contribution in [0.15, 0.2) is 16.6 Å². The zero-order chi connectivity index (χ0) is 8.43. The molecule has 0 atom stereocenters. The summed E-state index contributed by atoms with van der Waals surface area (Å²) in [6, 6.07) is 3.27. The summed E-state index contributed by atoms with van der Waals surface area (Å²) in [6.45, 7) is 1.84. The molecule has 0 heterocycles. The number of hydrogen-bond donors (Lipinski definition) is 0. The Morgan fingerprint density at radius 3 is 2.64 bits per heavy atom. The van der Waals surface area contributed by atoms with E-state index in [4.69, 9.17) is 11.6 Å². The standard InChI is InChI=1S/C8H7BrClF/c1-5-2-6(9)3-8(11)7(5)4-10/h2-3H,4H2,1H3. The molecule has 1 aromatic rings. The van der Waals surface area contributed by atoms with Crippen LogP contribution in [0.1, 0.15) is 11.1 Å². The normalized spacial score (nSPS) is 10.2. The van der Waals surface area contributed by atoms with Crippen LogP contribution < -0.4 is 0 Å². The average Bonchev–Trinajstić information content (AvgIpc) is 1.85. The van der Waals surface area contributed by atoms with Crippen LogP contribution in [0.25, 0.3) is 0 Å². The lowest BCUT2D eigenvalue weighted by Crippen LogP contribution is -1.90. The molecule has 0 amide bonds. The maximum Gasteiger partial charge on any atom is 0.128 e. The number of alkyl halides is 1. The Morgan fingerprint density at radius 2 is 2.18 bits per heavy atom. The van der Waals surface area contributed by atoms with Crippen molar-refractivity contribution < 1.29 is 4.39 Å². The van der Waals surface area contributed by atoms with Gasteiger partial charge in [-0.25, -0.2) is 4.39 Å².